The lowest BCUT2D eigenvalue weighted by Gasteiger charge is -2.35. The predicted octanol–water partition coefficient (Wildman–Crippen LogP) is 2.36. The van der Waals surface area contributed by atoms with Crippen LogP contribution in [0.2, 0.25) is 0 Å². The van der Waals surface area contributed by atoms with E-state index < -0.39 is 0 Å². The Hall–Kier alpha value is -0.940. The molecule has 3 aliphatic heterocycles. The van der Waals surface area contributed by atoms with Crippen molar-refractivity contribution in [1.29, 1.82) is 0 Å². The van der Waals surface area contributed by atoms with Crippen LogP contribution in [0, 0.1) is 0 Å². The maximum Gasteiger partial charge on any atom is 0.0564 e. The first-order valence-corrected chi connectivity index (χ1v) is 10.2. The molecule has 0 aliphatic carbocycles. The summed E-state index contributed by atoms with van der Waals surface area (Å²) < 4.78 is 0. The van der Waals surface area contributed by atoms with Crippen LogP contribution in [0.25, 0.3) is 0 Å². The van der Waals surface area contributed by atoms with Crippen molar-refractivity contribution >= 4 is 0 Å². The number of hydrogen-bond acceptors (Lipinski definition) is 4. The second kappa shape index (κ2) is 8.17. The van der Waals surface area contributed by atoms with Gasteiger partial charge in [0.15, 0.2) is 0 Å². The third-order valence-corrected chi connectivity index (χ3v) is 6.40. The fraction of sp³-hybridized carbons (Fsp3) is 0.714. The highest BCUT2D eigenvalue weighted by atomic mass is 16.3. The molecule has 0 spiro atoms. The van der Waals surface area contributed by atoms with Crippen LogP contribution in [0.4, 0.5) is 0 Å². The van der Waals surface area contributed by atoms with Crippen LogP contribution in [0.1, 0.15) is 49.7 Å². The average Bonchev–Trinajstić information content (AvgIpc) is 3.11. The zero-order valence-electron chi connectivity index (χ0n) is 15.4. The summed E-state index contributed by atoms with van der Waals surface area (Å²) in [5.41, 5.74) is 2.78. The molecule has 0 saturated carbocycles. The van der Waals surface area contributed by atoms with Crippen molar-refractivity contribution in [2.24, 2.45) is 0 Å². The zero-order chi connectivity index (χ0) is 17.1. The maximum absolute atomic E-state index is 9.61. The van der Waals surface area contributed by atoms with Gasteiger partial charge in [0.2, 0.25) is 0 Å². The average molecular weight is 344 g/mol. The lowest BCUT2D eigenvalue weighted by Crippen LogP contribution is -2.45. The molecule has 2 atom stereocenters. The molecule has 0 aromatic heterocycles. The molecule has 0 radical (unpaired) electrons. The zero-order valence-corrected chi connectivity index (χ0v) is 15.4. The lowest BCUT2D eigenvalue weighted by molar-refractivity contribution is 0.0792. The van der Waals surface area contributed by atoms with Gasteiger partial charge in [-0.05, 0) is 62.7 Å². The van der Waals surface area contributed by atoms with Gasteiger partial charge in [0.25, 0.3) is 0 Å². The number of nitrogens with zero attached hydrogens (tertiary/aromatic N) is 2. The topological polar surface area (TPSA) is 38.7 Å². The molecule has 3 fully saturated rings. The Bertz CT molecular complexity index is 539. The first-order chi connectivity index (χ1) is 12.3. The van der Waals surface area contributed by atoms with Gasteiger partial charge in [-0.2, -0.15) is 0 Å². The van der Waals surface area contributed by atoms with Crippen LogP contribution in [-0.2, 0) is 13.1 Å². The van der Waals surface area contributed by atoms with Crippen molar-refractivity contribution in [2.75, 3.05) is 26.2 Å². The molecule has 0 bridgehead atoms. The van der Waals surface area contributed by atoms with Gasteiger partial charge in [-0.15, -0.1) is 0 Å². The fourth-order valence-corrected chi connectivity index (χ4v) is 4.77. The molecular formula is C21H33N3O. The van der Waals surface area contributed by atoms with E-state index in [9.17, 15) is 5.11 Å². The minimum Gasteiger partial charge on any atom is -0.393 e. The molecule has 3 saturated heterocycles. The SMILES string of the molecule is OC1CCN(Cc2ccc(CN[C@@H]3CCN4CCC[C@@H]4C3)cc2)CC1. The van der Waals surface area contributed by atoms with Gasteiger partial charge in [0, 0.05) is 38.3 Å². The van der Waals surface area contributed by atoms with Crippen molar-refractivity contribution in [2.45, 2.75) is 69.8 Å². The number of likely N-dealkylation sites (tertiary alicyclic amines) is 1. The van der Waals surface area contributed by atoms with Crippen LogP contribution in [0.3, 0.4) is 0 Å². The maximum atomic E-state index is 9.61. The molecule has 4 nitrogen and oxygen atoms in total. The van der Waals surface area contributed by atoms with Crippen LogP contribution in [0.15, 0.2) is 24.3 Å². The van der Waals surface area contributed by atoms with E-state index >= 15 is 0 Å². The summed E-state index contributed by atoms with van der Waals surface area (Å²) in [6.45, 7) is 6.66. The highest BCUT2D eigenvalue weighted by molar-refractivity contribution is 5.22. The largest absolute Gasteiger partial charge is 0.393 e. The van der Waals surface area contributed by atoms with E-state index in [1.54, 1.807) is 0 Å². The number of piperidine rings is 2. The van der Waals surface area contributed by atoms with E-state index in [1.807, 2.05) is 0 Å². The van der Waals surface area contributed by atoms with E-state index in [1.165, 1.54) is 49.9 Å². The highest BCUT2D eigenvalue weighted by Gasteiger charge is 2.31. The van der Waals surface area contributed by atoms with Gasteiger partial charge >= 0.3 is 0 Å². The monoisotopic (exact) mass is 343 g/mol. The number of hydrogen-bond donors (Lipinski definition) is 2. The van der Waals surface area contributed by atoms with E-state index in [0.717, 1.165) is 45.1 Å². The quantitative estimate of drug-likeness (QED) is 0.861. The number of benzene rings is 1. The minimum atomic E-state index is -0.0826. The Morgan fingerprint density at radius 2 is 1.68 bits per heavy atom. The number of fused-ring (bicyclic) bond motifs is 1. The molecular weight excluding hydrogens is 310 g/mol. The minimum absolute atomic E-state index is 0.0826. The third-order valence-electron chi connectivity index (χ3n) is 6.40. The molecule has 0 unspecified atom stereocenters. The molecule has 25 heavy (non-hydrogen) atoms. The number of aliphatic hydroxyl groups excluding tert-OH is 1. The summed E-state index contributed by atoms with van der Waals surface area (Å²) in [4.78, 5) is 5.14. The normalized spacial score (nSPS) is 29.0. The number of rotatable bonds is 5. The summed E-state index contributed by atoms with van der Waals surface area (Å²) >= 11 is 0. The van der Waals surface area contributed by atoms with Crippen LogP contribution in [0.5, 0.6) is 0 Å². The van der Waals surface area contributed by atoms with E-state index in [4.69, 9.17) is 0 Å². The molecule has 4 rings (SSSR count). The Kier molecular flexibility index (Phi) is 5.71. The molecule has 4 heteroatoms. The Balaban J connectivity index is 1.22. The summed E-state index contributed by atoms with van der Waals surface area (Å²) in [5.74, 6) is 0. The van der Waals surface area contributed by atoms with E-state index in [0.29, 0.717) is 6.04 Å². The van der Waals surface area contributed by atoms with Gasteiger partial charge in [-0.25, -0.2) is 0 Å². The molecule has 3 aliphatic rings. The van der Waals surface area contributed by atoms with Crippen LogP contribution in [-0.4, -0.2) is 59.3 Å². The van der Waals surface area contributed by atoms with Crippen molar-refractivity contribution < 1.29 is 5.11 Å². The van der Waals surface area contributed by atoms with Gasteiger partial charge in [-0.3, -0.25) is 4.90 Å². The second-order valence-electron chi connectivity index (χ2n) is 8.26. The Morgan fingerprint density at radius 1 is 0.920 bits per heavy atom. The van der Waals surface area contributed by atoms with Gasteiger partial charge in [0.05, 0.1) is 6.10 Å². The van der Waals surface area contributed by atoms with Crippen molar-refractivity contribution in [3.05, 3.63) is 35.4 Å². The highest BCUT2D eigenvalue weighted by Crippen LogP contribution is 2.27. The summed E-state index contributed by atoms with van der Waals surface area (Å²) in [6.07, 6.45) is 7.19. The summed E-state index contributed by atoms with van der Waals surface area (Å²) in [7, 11) is 0. The Labute approximate surface area is 152 Å². The second-order valence-corrected chi connectivity index (χ2v) is 8.26. The standard InChI is InChI=1S/C21H33N3O/c25-21-8-11-23(12-9-21)16-18-5-3-17(4-6-18)15-22-19-7-13-24-10-1-2-20(24)14-19/h3-6,19-22,25H,1-2,7-16H2/t19-,20-/m1/s1. The fourth-order valence-electron chi connectivity index (χ4n) is 4.77. The predicted molar refractivity (Wildman–Crippen MR) is 101 cm³/mol. The van der Waals surface area contributed by atoms with Gasteiger partial charge in [0.1, 0.15) is 0 Å². The molecule has 2 N–H and O–H groups in total. The van der Waals surface area contributed by atoms with E-state index in [-0.39, 0.29) is 6.10 Å². The number of nitrogens with one attached hydrogen (secondary N) is 1. The van der Waals surface area contributed by atoms with Crippen molar-refractivity contribution in [3.8, 4) is 0 Å². The molecule has 1 aromatic rings. The number of aliphatic hydroxyl groups is 1. The molecule has 3 heterocycles. The van der Waals surface area contributed by atoms with Crippen molar-refractivity contribution in [1.82, 2.24) is 15.1 Å². The first-order valence-electron chi connectivity index (χ1n) is 10.2. The summed E-state index contributed by atoms with van der Waals surface area (Å²) in [6, 6.07) is 10.7. The molecule has 0 amide bonds. The smallest absolute Gasteiger partial charge is 0.0564 e. The van der Waals surface area contributed by atoms with Crippen LogP contribution >= 0.6 is 0 Å². The van der Waals surface area contributed by atoms with E-state index in [2.05, 4.69) is 39.4 Å². The summed E-state index contributed by atoms with van der Waals surface area (Å²) in [5, 5.41) is 13.4. The van der Waals surface area contributed by atoms with Crippen molar-refractivity contribution in [3.63, 3.8) is 0 Å². The third kappa shape index (κ3) is 4.62. The first kappa shape index (κ1) is 17.5. The Morgan fingerprint density at radius 3 is 2.48 bits per heavy atom. The van der Waals surface area contributed by atoms with Gasteiger partial charge < -0.3 is 15.3 Å². The molecule has 138 valence electrons. The van der Waals surface area contributed by atoms with Gasteiger partial charge in [-0.1, -0.05) is 24.3 Å². The molecule has 1 aromatic carbocycles. The lowest BCUT2D eigenvalue weighted by atomic mass is 9.97. The van der Waals surface area contributed by atoms with Crippen LogP contribution < -0.4 is 5.32 Å².